The van der Waals surface area contributed by atoms with Crippen molar-refractivity contribution in [1.29, 1.82) is 0 Å². The van der Waals surface area contributed by atoms with Gasteiger partial charge in [-0.05, 0) is 13.8 Å². The Labute approximate surface area is 99.2 Å². The molecule has 17 heavy (non-hydrogen) atoms. The second-order valence-electron chi connectivity index (χ2n) is 3.98. The number of aromatic nitrogens is 2. The molecule has 0 atom stereocenters. The summed E-state index contributed by atoms with van der Waals surface area (Å²) in [6.07, 6.45) is 0. The number of ether oxygens (including phenoxy) is 1. The molecule has 6 nitrogen and oxygen atoms in total. The van der Waals surface area contributed by atoms with Crippen LogP contribution in [0.4, 0.5) is 5.82 Å². The van der Waals surface area contributed by atoms with Crippen LogP contribution >= 0.6 is 0 Å². The predicted molar refractivity (Wildman–Crippen MR) is 61.3 cm³/mol. The first-order valence-electron chi connectivity index (χ1n) is 5.56. The summed E-state index contributed by atoms with van der Waals surface area (Å²) in [6, 6.07) is 1.74. The van der Waals surface area contributed by atoms with Gasteiger partial charge in [0.1, 0.15) is 11.6 Å². The molecule has 1 N–H and O–H groups in total. The molecule has 0 amide bonds. The van der Waals surface area contributed by atoms with E-state index in [1.54, 1.807) is 13.0 Å². The Balaban J connectivity index is 2.09. The van der Waals surface area contributed by atoms with E-state index in [0.717, 1.165) is 5.82 Å². The molecule has 0 bridgehead atoms. The van der Waals surface area contributed by atoms with Gasteiger partial charge in [-0.25, -0.2) is 4.98 Å². The molecule has 1 aliphatic rings. The number of nitrogens with zero attached hydrogens (tertiary/aromatic N) is 3. The van der Waals surface area contributed by atoms with Gasteiger partial charge in [-0.15, -0.1) is 0 Å². The summed E-state index contributed by atoms with van der Waals surface area (Å²) in [5.74, 6) is 0.856. The van der Waals surface area contributed by atoms with Gasteiger partial charge in [0.15, 0.2) is 0 Å². The molecule has 0 spiro atoms. The molecule has 1 aliphatic heterocycles. The summed E-state index contributed by atoms with van der Waals surface area (Å²) >= 11 is 0. The highest BCUT2D eigenvalue weighted by molar-refractivity contribution is 5.74. The zero-order chi connectivity index (χ0) is 12.4. The fourth-order valence-electron chi connectivity index (χ4n) is 1.73. The van der Waals surface area contributed by atoms with Crippen LogP contribution in [-0.4, -0.2) is 40.7 Å². The first-order chi connectivity index (χ1) is 8.10. The molecule has 1 aromatic heterocycles. The van der Waals surface area contributed by atoms with Gasteiger partial charge in [-0.1, -0.05) is 0 Å². The lowest BCUT2D eigenvalue weighted by atomic mass is 10.0. The first-order valence-corrected chi connectivity index (χ1v) is 5.56. The minimum Gasteiger partial charge on any atom is -0.481 e. The van der Waals surface area contributed by atoms with Crippen LogP contribution in [0.1, 0.15) is 12.7 Å². The lowest BCUT2D eigenvalue weighted by molar-refractivity contribution is -0.142. The highest BCUT2D eigenvalue weighted by Gasteiger charge is 2.33. The third-order valence-corrected chi connectivity index (χ3v) is 2.65. The summed E-state index contributed by atoms with van der Waals surface area (Å²) in [5, 5.41) is 8.81. The zero-order valence-electron chi connectivity index (χ0n) is 9.88. The van der Waals surface area contributed by atoms with Gasteiger partial charge in [0.2, 0.25) is 5.88 Å². The van der Waals surface area contributed by atoms with Crippen LogP contribution in [0.25, 0.3) is 0 Å². The Bertz CT molecular complexity index is 430. The van der Waals surface area contributed by atoms with Gasteiger partial charge >= 0.3 is 5.97 Å². The Morgan fingerprint density at radius 3 is 2.88 bits per heavy atom. The normalized spacial score (nSPS) is 15.5. The van der Waals surface area contributed by atoms with Crippen molar-refractivity contribution in [3.63, 3.8) is 0 Å². The summed E-state index contributed by atoms with van der Waals surface area (Å²) in [6.45, 7) is 5.23. The minimum absolute atomic E-state index is 0.291. The highest BCUT2D eigenvalue weighted by atomic mass is 16.5. The first kappa shape index (κ1) is 11.6. The van der Waals surface area contributed by atoms with Crippen molar-refractivity contribution in [1.82, 2.24) is 9.97 Å². The SMILES string of the molecule is CCOc1cc(N2CC(C(=O)O)C2)nc(C)n1. The van der Waals surface area contributed by atoms with Gasteiger partial charge in [0.05, 0.1) is 12.5 Å². The second-order valence-corrected chi connectivity index (χ2v) is 3.98. The molecule has 1 aromatic rings. The largest absolute Gasteiger partial charge is 0.481 e. The predicted octanol–water partition coefficient (Wildman–Crippen LogP) is 0.705. The smallest absolute Gasteiger partial charge is 0.310 e. The Hall–Kier alpha value is -1.85. The van der Waals surface area contributed by atoms with E-state index in [1.807, 2.05) is 11.8 Å². The van der Waals surface area contributed by atoms with Gasteiger partial charge < -0.3 is 14.7 Å². The third kappa shape index (κ3) is 2.46. The van der Waals surface area contributed by atoms with Crippen LogP contribution < -0.4 is 9.64 Å². The maximum absolute atomic E-state index is 10.7. The molecule has 0 aromatic carbocycles. The monoisotopic (exact) mass is 237 g/mol. The lowest BCUT2D eigenvalue weighted by Gasteiger charge is -2.37. The van der Waals surface area contributed by atoms with E-state index >= 15 is 0 Å². The number of aliphatic carboxylic acids is 1. The standard InChI is InChI=1S/C11H15N3O3/c1-3-17-10-4-9(12-7(2)13-10)14-5-8(6-14)11(15)16/h4,8H,3,5-6H2,1-2H3,(H,15,16). The molecule has 0 unspecified atom stereocenters. The van der Waals surface area contributed by atoms with Crippen molar-refractivity contribution in [3.8, 4) is 5.88 Å². The van der Waals surface area contributed by atoms with Crippen molar-refractivity contribution in [2.75, 3.05) is 24.6 Å². The number of rotatable bonds is 4. The molecule has 0 radical (unpaired) electrons. The number of hydrogen-bond acceptors (Lipinski definition) is 5. The Kier molecular flexibility index (Phi) is 3.12. The lowest BCUT2D eigenvalue weighted by Crippen LogP contribution is -2.50. The van der Waals surface area contributed by atoms with Crippen LogP contribution in [-0.2, 0) is 4.79 Å². The van der Waals surface area contributed by atoms with Gasteiger partial charge in [-0.2, -0.15) is 4.98 Å². The third-order valence-electron chi connectivity index (χ3n) is 2.65. The van der Waals surface area contributed by atoms with E-state index in [0.29, 0.717) is 31.4 Å². The van der Waals surface area contributed by atoms with E-state index in [1.165, 1.54) is 0 Å². The molecule has 0 aliphatic carbocycles. The average molecular weight is 237 g/mol. The summed E-state index contributed by atoms with van der Waals surface area (Å²) in [4.78, 5) is 21.0. The van der Waals surface area contributed by atoms with Gasteiger partial charge in [0, 0.05) is 19.2 Å². The average Bonchev–Trinajstić information content (AvgIpc) is 2.13. The number of hydrogen-bond donors (Lipinski definition) is 1. The maximum atomic E-state index is 10.7. The fourth-order valence-corrected chi connectivity index (χ4v) is 1.73. The fraction of sp³-hybridized carbons (Fsp3) is 0.545. The van der Waals surface area contributed by atoms with E-state index in [4.69, 9.17) is 9.84 Å². The molecular weight excluding hydrogens is 222 g/mol. The number of carboxylic acid groups (broad SMARTS) is 1. The molecule has 1 saturated heterocycles. The number of aryl methyl sites for hydroxylation is 1. The van der Waals surface area contributed by atoms with Crippen LogP contribution in [0.15, 0.2) is 6.07 Å². The van der Waals surface area contributed by atoms with Crippen LogP contribution in [0.3, 0.4) is 0 Å². The van der Waals surface area contributed by atoms with Crippen molar-refractivity contribution >= 4 is 11.8 Å². The molecule has 0 saturated carbocycles. The molecule has 1 fully saturated rings. The molecular formula is C11H15N3O3. The van der Waals surface area contributed by atoms with Crippen molar-refractivity contribution in [2.45, 2.75) is 13.8 Å². The van der Waals surface area contributed by atoms with E-state index in [9.17, 15) is 4.79 Å². The highest BCUT2D eigenvalue weighted by Crippen LogP contribution is 2.25. The summed E-state index contributed by atoms with van der Waals surface area (Å²) in [5.41, 5.74) is 0. The van der Waals surface area contributed by atoms with Crippen LogP contribution in [0.5, 0.6) is 5.88 Å². The van der Waals surface area contributed by atoms with Crippen molar-refractivity contribution < 1.29 is 14.6 Å². The van der Waals surface area contributed by atoms with Gasteiger partial charge in [0.25, 0.3) is 0 Å². The Morgan fingerprint density at radius 2 is 2.29 bits per heavy atom. The van der Waals surface area contributed by atoms with Crippen molar-refractivity contribution in [3.05, 3.63) is 11.9 Å². The Morgan fingerprint density at radius 1 is 1.59 bits per heavy atom. The zero-order valence-corrected chi connectivity index (χ0v) is 9.88. The molecule has 2 heterocycles. The van der Waals surface area contributed by atoms with E-state index in [2.05, 4.69) is 9.97 Å². The quantitative estimate of drug-likeness (QED) is 0.831. The van der Waals surface area contributed by atoms with Gasteiger partial charge in [-0.3, -0.25) is 4.79 Å². The van der Waals surface area contributed by atoms with Crippen molar-refractivity contribution in [2.24, 2.45) is 5.92 Å². The minimum atomic E-state index is -0.753. The molecule has 6 heteroatoms. The second kappa shape index (κ2) is 4.57. The van der Waals surface area contributed by atoms with Crippen LogP contribution in [0.2, 0.25) is 0 Å². The van der Waals surface area contributed by atoms with Crippen LogP contribution in [0, 0.1) is 12.8 Å². The number of anilines is 1. The molecule has 2 rings (SSSR count). The number of carboxylic acids is 1. The van der Waals surface area contributed by atoms with E-state index in [-0.39, 0.29) is 5.92 Å². The molecule has 92 valence electrons. The number of carbonyl (C=O) groups is 1. The summed E-state index contributed by atoms with van der Waals surface area (Å²) < 4.78 is 5.33. The maximum Gasteiger partial charge on any atom is 0.310 e. The summed E-state index contributed by atoms with van der Waals surface area (Å²) in [7, 11) is 0. The van der Waals surface area contributed by atoms with E-state index < -0.39 is 5.97 Å². The topological polar surface area (TPSA) is 75.5 Å².